The first-order valence-electron chi connectivity index (χ1n) is 6.59. The first-order chi connectivity index (χ1) is 8.89. The number of hydrogen-bond donors (Lipinski definition) is 2. The van der Waals surface area contributed by atoms with E-state index in [0.29, 0.717) is 5.02 Å². The number of halogens is 1. The molecule has 2 rings (SSSR count). The Morgan fingerprint density at radius 2 is 2.16 bits per heavy atom. The van der Waals surface area contributed by atoms with Gasteiger partial charge in [0.15, 0.2) is 0 Å². The van der Waals surface area contributed by atoms with E-state index in [0.717, 1.165) is 24.8 Å². The van der Waals surface area contributed by atoms with Crippen molar-refractivity contribution in [2.75, 3.05) is 6.61 Å². The van der Waals surface area contributed by atoms with E-state index in [2.05, 4.69) is 5.32 Å². The van der Waals surface area contributed by atoms with Crippen LogP contribution in [0, 0.1) is 0 Å². The highest BCUT2D eigenvalue weighted by atomic mass is 35.5. The van der Waals surface area contributed by atoms with Gasteiger partial charge in [-0.15, -0.1) is 0 Å². The third-order valence-electron chi connectivity index (χ3n) is 3.87. The third kappa shape index (κ3) is 2.77. The van der Waals surface area contributed by atoms with Gasteiger partial charge in [-0.1, -0.05) is 30.2 Å². The van der Waals surface area contributed by atoms with Gasteiger partial charge in [0.05, 0.1) is 17.6 Å². The second-order valence-electron chi connectivity index (χ2n) is 5.94. The van der Waals surface area contributed by atoms with Crippen molar-refractivity contribution in [3.63, 3.8) is 0 Å². The molecule has 0 radical (unpaired) electrons. The summed E-state index contributed by atoms with van der Waals surface area (Å²) in [5.74, 6) is -0.0138. The Bertz CT molecular complexity index is 481. The Morgan fingerprint density at radius 1 is 1.47 bits per heavy atom. The summed E-state index contributed by atoms with van der Waals surface area (Å²) in [4.78, 5) is 12.6. The van der Waals surface area contributed by atoms with Crippen LogP contribution < -0.4 is 5.32 Å². The molecule has 4 heteroatoms. The molecular weight excluding hydrogens is 262 g/mol. The topological polar surface area (TPSA) is 49.3 Å². The lowest BCUT2D eigenvalue weighted by atomic mass is 9.63. The van der Waals surface area contributed by atoms with Crippen LogP contribution in [0.4, 0.5) is 0 Å². The fraction of sp³-hybridized carbons (Fsp3) is 0.533. The lowest BCUT2D eigenvalue weighted by Gasteiger charge is -2.42. The van der Waals surface area contributed by atoms with Gasteiger partial charge in [0.1, 0.15) is 0 Å². The van der Waals surface area contributed by atoms with Crippen LogP contribution >= 0.6 is 11.6 Å². The molecule has 0 unspecified atom stereocenters. The Labute approximate surface area is 119 Å². The summed E-state index contributed by atoms with van der Waals surface area (Å²) in [7, 11) is 0. The lowest BCUT2D eigenvalue weighted by Crippen LogP contribution is -2.56. The van der Waals surface area contributed by atoms with Crippen LogP contribution in [0.5, 0.6) is 0 Å². The molecule has 1 aromatic rings. The van der Waals surface area contributed by atoms with Gasteiger partial charge >= 0.3 is 0 Å². The summed E-state index contributed by atoms with van der Waals surface area (Å²) in [5.41, 5.74) is -0.104. The number of carbonyl (C=O) groups is 1. The molecule has 0 heterocycles. The second kappa shape index (κ2) is 5.14. The van der Waals surface area contributed by atoms with Gasteiger partial charge in [-0.05, 0) is 44.4 Å². The summed E-state index contributed by atoms with van der Waals surface area (Å²) in [6.45, 7) is 3.55. The summed E-state index contributed by atoms with van der Waals surface area (Å²) in [6, 6.07) is 7.51. The number of hydrogen-bond acceptors (Lipinski definition) is 2. The highest BCUT2D eigenvalue weighted by molar-refractivity contribution is 6.30. The molecule has 0 spiro atoms. The maximum absolute atomic E-state index is 12.6. The Balaban J connectivity index is 2.26. The molecular formula is C15H20ClNO2. The first kappa shape index (κ1) is 14.4. The fourth-order valence-corrected chi connectivity index (χ4v) is 2.62. The number of aliphatic hydroxyl groups excluding tert-OH is 1. The van der Waals surface area contributed by atoms with E-state index in [1.807, 2.05) is 38.1 Å². The van der Waals surface area contributed by atoms with Gasteiger partial charge in [0, 0.05) is 5.02 Å². The zero-order chi connectivity index (χ0) is 14.1. The van der Waals surface area contributed by atoms with Gasteiger partial charge < -0.3 is 10.4 Å². The number of rotatable bonds is 4. The number of nitrogens with one attached hydrogen (secondary N) is 1. The van der Waals surface area contributed by atoms with E-state index in [1.54, 1.807) is 0 Å². The highest BCUT2D eigenvalue weighted by Gasteiger charge is 2.46. The molecule has 1 amide bonds. The minimum Gasteiger partial charge on any atom is -0.394 e. The van der Waals surface area contributed by atoms with E-state index >= 15 is 0 Å². The average molecular weight is 282 g/mol. The molecule has 1 aliphatic rings. The summed E-state index contributed by atoms with van der Waals surface area (Å²) in [6.07, 6.45) is 2.71. The SMILES string of the molecule is CC(C)(CO)NC(=O)C1(c2cccc(Cl)c2)CCC1. The molecule has 0 saturated heterocycles. The van der Waals surface area contributed by atoms with Crippen molar-refractivity contribution in [1.82, 2.24) is 5.32 Å². The maximum atomic E-state index is 12.6. The van der Waals surface area contributed by atoms with Crippen LogP contribution in [0.15, 0.2) is 24.3 Å². The molecule has 0 aromatic heterocycles. The van der Waals surface area contributed by atoms with Crippen molar-refractivity contribution in [2.45, 2.75) is 44.1 Å². The normalized spacial score (nSPS) is 17.7. The molecule has 0 aliphatic heterocycles. The van der Waals surface area contributed by atoms with Crippen molar-refractivity contribution in [1.29, 1.82) is 0 Å². The summed E-state index contributed by atoms with van der Waals surface area (Å²) in [5, 5.41) is 12.9. The second-order valence-corrected chi connectivity index (χ2v) is 6.38. The number of benzene rings is 1. The van der Waals surface area contributed by atoms with Crippen LogP contribution in [-0.2, 0) is 10.2 Å². The predicted molar refractivity (Wildman–Crippen MR) is 76.3 cm³/mol. The largest absolute Gasteiger partial charge is 0.394 e. The monoisotopic (exact) mass is 281 g/mol. The summed E-state index contributed by atoms with van der Waals surface area (Å²) < 4.78 is 0. The Hall–Kier alpha value is -1.06. The molecule has 1 aliphatic carbocycles. The van der Waals surface area contributed by atoms with Gasteiger partial charge in [-0.25, -0.2) is 0 Å². The van der Waals surface area contributed by atoms with Crippen molar-refractivity contribution in [3.8, 4) is 0 Å². The van der Waals surface area contributed by atoms with E-state index in [-0.39, 0.29) is 12.5 Å². The highest BCUT2D eigenvalue weighted by Crippen LogP contribution is 2.44. The molecule has 2 N–H and O–H groups in total. The van der Waals surface area contributed by atoms with Crippen molar-refractivity contribution >= 4 is 17.5 Å². The zero-order valence-corrected chi connectivity index (χ0v) is 12.1. The van der Waals surface area contributed by atoms with E-state index < -0.39 is 11.0 Å². The minimum absolute atomic E-state index is 0.0138. The third-order valence-corrected chi connectivity index (χ3v) is 4.10. The molecule has 19 heavy (non-hydrogen) atoms. The molecule has 1 saturated carbocycles. The van der Waals surface area contributed by atoms with Gasteiger partial charge in [0.25, 0.3) is 0 Å². The average Bonchev–Trinajstić information content (AvgIpc) is 2.27. The number of carbonyl (C=O) groups excluding carboxylic acids is 1. The maximum Gasteiger partial charge on any atom is 0.231 e. The minimum atomic E-state index is -0.599. The van der Waals surface area contributed by atoms with Crippen molar-refractivity contribution in [3.05, 3.63) is 34.9 Å². The van der Waals surface area contributed by atoms with Crippen LogP contribution in [0.1, 0.15) is 38.7 Å². The molecule has 0 atom stereocenters. The molecule has 3 nitrogen and oxygen atoms in total. The van der Waals surface area contributed by atoms with E-state index in [9.17, 15) is 9.90 Å². The zero-order valence-electron chi connectivity index (χ0n) is 11.4. The van der Waals surface area contributed by atoms with E-state index in [1.165, 1.54) is 0 Å². The van der Waals surface area contributed by atoms with E-state index in [4.69, 9.17) is 11.6 Å². The Morgan fingerprint density at radius 3 is 2.63 bits per heavy atom. The first-order valence-corrected chi connectivity index (χ1v) is 6.97. The lowest BCUT2D eigenvalue weighted by molar-refractivity contribution is -0.132. The van der Waals surface area contributed by atoms with Crippen molar-refractivity contribution < 1.29 is 9.90 Å². The smallest absolute Gasteiger partial charge is 0.231 e. The van der Waals surface area contributed by atoms with Gasteiger partial charge in [0.2, 0.25) is 5.91 Å². The molecule has 1 aromatic carbocycles. The molecule has 1 fully saturated rings. The predicted octanol–water partition coefficient (Wildman–Crippen LogP) is 2.65. The van der Waals surface area contributed by atoms with Gasteiger partial charge in [-0.2, -0.15) is 0 Å². The van der Waals surface area contributed by atoms with Crippen LogP contribution in [0.25, 0.3) is 0 Å². The van der Waals surface area contributed by atoms with Gasteiger partial charge in [-0.3, -0.25) is 4.79 Å². The molecule has 0 bridgehead atoms. The van der Waals surface area contributed by atoms with Crippen LogP contribution in [0.3, 0.4) is 0 Å². The molecule has 104 valence electrons. The standard InChI is InChI=1S/C15H20ClNO2/c1-14(2,10-18)17-13(19)15(7-4-8-15)11-5-3-6-12(16)9-11/h3,5-6,9,18H,4,7-8,10H2,1-2H3,(H,17,19). The Kier molecular flexibility index (Phi) is 3.88. The number of aliphatic hydroxyl groups is 1. The quantitative estimate of drug-likeness (QED) is 0.891. The summed E-state index contributed by atoms with van der Waals surface area (Å²) >= 11 is 6.03. The fourth-order valence-electron chi connectivity index (χ4n) is 2.43. The van der Waals surface area contributed by atoms with Crippen LogP contribution in [0.2, 0.25) is 5.02 Å². The van der Waals surface area contributed by atoms with Crippen molar-refractivity contribution in [2.24, 2.45) is 0 Å². The number of amides is 1. The van der Waals surface area contributed by atoms with Crippen LogP contribution in [-0.4, -0.2) is 23.2 Å².